The van der Waals surface area contributed by atoms with Gasteiger partial charge in [-0.05, 0) is 32.4 Å². The van der Waals surface area contributed by atoms with Crippen molar-refractivity contribution < 1.29 is 4.74 Å². The van der Waals surface area contributed by atoms with Gasteiger partial charge in [-0.3, -0.25) is 27.8 Å². The molecule has 1 aliphatic rings. The molecule has 0 radical (unpaired) electrons. The van der Waals surface area contributed by atoms with Crippen LogP contribution in [-0.2, 0) is 18.3 Å². The van der Waals surface area contributed by atoms with Gasteiger partial charge in [-0.25, -0.2) is 4.79 Å². The molecular weight excluding hydrogens is 408 g/mol. The van der Waals surface area contributed by atoms with Gasteiger partial charge in [-0.1, -0.05) is 17.7 Å². The zero-order valence-electron chi connectivity index (χ0n) is 19.0. The van der Waals surface area contributed by atoms with Crippen LogP contribution in [0.2, 0.25) is 0 Å². The molecule has 0 N–H and O–H groups in total. The van der Waals surface area contributed by atoms with E-state index in [0.717, 1.165) is 30.0 Å². The number of ether oxygens (including phenoxy) is 1. The quantitative estimate of drug-likeness (QED) is 0.483. The molecule has 1 aliphatic heterocycles. The van der Waals surface area contributed by atoms with Crippen LogP contribution < -0.4 is 11.2 Å². The summed E-state index contributed by atoms with van der Waals surface area (Å²) in [7, 11) is 1.68. The molecule has 5 rings (SSSR count). The molecule has 0 amide bonds. The van der Waals surface area contributed by atoms with E-state index in [0.29, 0.717) is 43.2 Å². The Kier molecular flexibility index (Phi) is 5.02. The molecule has 1 aromatic carbocycles. The molecule has 1 fully saturated rings. The second-order valence-corrected chi connectivity index (χ2v) is 8.60. The maximum Gasteiger partial charge on any atom is 0.332 e. The number of nitrogens with zero attached hydrogens (tertiary/aromatic N) is 6. The monoisotopic (exact) mass is 436 g/mol. The van der Waals surface area contributed by atoms with Crippen molar-refractivity contribution in [1.29, 1.82) is 0 Å². The average Bonchev–Trinajstić information content (AvgIpc) is 3.28. The molecule has 0 saturated carbocycles. The number of rotatable bonds is 4. The third-order valence-corrected chi connectivity index (χ3v) is 6.36. The van der Waals surface area contributed by atoms with Crippen molar-refractivity contribution in [2.75, 3.05) is 32.8 Å². The first-order valence-corrected chi connectivity index (χ1v) is 10.9. The molecule has 0 bridgehead atoms. The van der Waals surface area contributed by atoms with Gasteiger partial charge in [-0.2, -0.15) is 4.98 Å². The fraction of sp³-hybridized carbons (Fsp3) is 0.435. The maximum absolute atomic E-state index is 13.5. The predicted octanol–water partition coefficient (Wildman–Crippen LogP) is 1.40. The minimum atomic E-state index is -0.341. The van der Waals surface area contributed by atoms with Crippen LogP contribution in [0.5, 0.6) is 0 Å². The lowest BCUT2D eigenvalue weighted by atomic mass is 10.1. The van der Waals surface area contributed by atoms with Crippen LogP contribution in [0.15, 0.2) is 34.0 Å². The van der Waals surface area contributed by atoms with Crippen LogP contribution in [0.3, 0.4) is 0 Å². The molecule has 32 heavy (non-hydrogen) atoms. The van der Waals surface area contributed by atoms with Gasteiger partial charge >= 0.3 is 5.69 Å². The fourth-order valence-electron chi connectivity index (χ4n) is 4.63. The summed E-state index contributed by atoms with van der Waals surface area (Å²) < 4.78 is 12.0. The second-order valence-electron chi connectivity index (χ2n) is 8.60. The van der Waals surface area contributed by atoms with Crippen LogP contribution >= 0.6 is 0 Å². The van der Waals surface area contributed by atoms with Gasteiger partial charge in [0.1, 0.15) is 0 Å². The Balaban J connectivity index is 1.67. The summed E-state index contributed by atoms with van der Waals surface area (Å²) in [6, 6.07) is 6.26. The first kappa shape index (κ1) is 20.7. The summed E-state index contributed by atoms with van der Waals surface area (Å²) in [5.41, 5.74) is 4.46. The SMILES string of the molecule is Cc1ccc(-n2c(C)cn3c4c(=O)n(CCN5CCOCC5)c(=O)n(C)c4nc23)c(C)c1. The molecule has 168 valence electrons. The van der Waals surface area contributed by atoms with Gasteiger partial charge in [0.05, 0.1) is 18.9 Å². The highest BCUT2D eigenvalue weighted by Gasteiger charge is 2.22. The van der Waals surface area contributed by atoms with E-state index in [1.165, 1.54) is 14.7 Å². The third-order valence-electron chi connectivity index (χ3n) is 6.36. The molecule has 0 atom stereocenters. The molecule has 3 aromatic heterocycles. The molecule has 4 aromatic rings. The van der Waals surface area contributed by atoms with E-state index in [-0.39, 0.29) is 11.2 Å². The normalized spacial score (nSPS) is 15.2. The van der Waals surface area contributed by atoms with Crippen LogP contribution in [0.4, 0.5) is 0 Å². The van der Waals surface area contributed by atoms with E-state index >= 15 is 0 Å². The van der Waals surface area contributed by atoms with Gasteiger partial charge in [0, 0.05) is 45.1 Å². The molecule has 1 saturated heterocycles. The summed E-state index contributed by atoms with van der Waals surface area (Å²) in [4.78, 5) is 33.4. The number of hydrogen-bond acceptors (Lipinski definition) is 5. The summed E-state index contributed by atoms with van der Waals surface area (Å²) in [6.45, 7) is 10.1. The van der Waals surface area contributed by atoms with Gasteiger partial charge in [0.25, 0.3) is 5.56 Å². The zero-order valence-corrected chi connectivity index (χ0v) is 19.0. The van der Waals surface area contributed by atoms with E-state index in [1.54, 1.807) is 7.05 Å². The van der Waals surface area contributed by atoms with Gasteiger partial charge in [0.2, 0.25) is 5.78 Å². The lowest BCUT2D eigenvalue weighted by molar-refractivity contribution is 0.0361. The Labute approximate surface area is 185 Å². The lowest BCUT2D eigenvalue weighted by Crippen LogP contribution is -2.44. The summed E-state index contributed by atoms with van der Waals surface area (Å²) in [5, 5.41) is 0. The van der Waals surface area contributed by atoms with Crippen LogP contribution in [0.25, 0.3) is 22.6 Å². The molecule has 9 heteroatoms. The first-order chi connectivity index (χ1) is 15.4. The Morgan fingerprint density at radius 2 is 1.81 bits per heavy atom. The summed E-state index contributed by atoms with van der Waals surface area (Å²) in [5.74, 6) is 0.627. The smallest absolute Gasteiger partial charge is 0.332 e. The average molecular weight is 437 g/mol. The van der Waals surface area contributed by atoms with Crippen molar-refractivity contribution in [3.63, 3.8) is 0 Å². The Morgan fingerprint density at radius 3 is 2.53 bits per heavy atom. The summed E-state index contributed by atoms with van der Waals surface area (Å²) >= 11 is 0. The van der Waals surface area contributed by atoms with Crippen molar-refractivity contribution >= 4 is 16.9 Å². The standard InChI is InChI=1S/C23H28N6O3/c1-15-5-6-18(16(2)13-15)29-17(3)14-28-19-20(24-22(28)29)25(4)23(31)27(21(19)30)8-7-26-9-11-32-12-10-26/h5-6,13-14H,7-12H2,1-4H3. The minimum absolute atomic E-state index is 0.304. The van der Waals surface area contributed by atoms with E-state index < -0.39 is 0 Å². The largest absolute Gasteiger partial charge is 0.379 e. The zero-order chi connectivity index (χ0) is 22.6. The van der Waals surface area contributed by atoms with Gasteiger partial charge in [-0.15, -0.1) is 0 Å². The number of imidazole rings is 2. The van der Waals surface area contributed by atoms with E-state index in [1.807, 2.05) is 22.1 Å². The van der Waals surface area contributed by atoms with E-state index in [4.69, 9.17) is 9.72 Å². The summed E-state index contributed by atoms with van der Waals surface area (Å²) in [6.07, 6.45) is 1.92. The number of aromatic nitrogens is 5. The van der Waals surface area contributed by atoms with Crippen molar-refractivity contribution in [1.82, 2.24) is 28.0 Å². The number of fused-ring (bicyclic) bond motifs is 3. The molecular formula is C23H28N6O3. The molecule has 4 heterocycles. The van der Waals surface area contributed by atoms with E-state index in [2.05, 4.69) is 36.9 Å². The van der Waals surface area contributed by atoms with Gasteiger partial charge < -0.3 is 4.74 Å². The number of aryl methyl sites for hydroxylation is 4. The first-order valence-electron chi connectivity index (χ1n) is 10.9. The predicted molar refractivity (Wildman–Crippen MR) is 123 cm³/mol. The molecule has 9 nitrogen and oxygen atoms in total. The topological polar surface area (TPSA) is 78.7 Å². The van der Waals surface area contributed by atoms with Crippen molar-refractivity contribution in [3.8, 4) is 5.69 Å². The van der Waals surface area contributed by atoms with Crippen LogP contribution in [-0.4, -0.2) is 60.8 Å². The Hall–Kier alpha value is -3.17. The lowest BCUT2D eigenvalue weighted by Gasteiger charge is -2.26. The van der Waals surface area contributed by atoms with Crippen molar-refractivity contribution in [3.05, 3.63) is 62.1 Å². The Bertz CT molecular complexity index is 1450. The molecule has 0 spiro atoms. The highest BCUT2D eigenvalue weighted by molar-refractivity contribution is 5.76. The third kappa shape index (κ3) is 3.20. The Morgan fingerprint density at radius 1 is 1.06 bits per heavy atom. The van der Waals surface area contributed by atoms with Crippen molar-refractivity contribution in [2.45, 2.75) is 27.3 Å². The number of morpholine rings is 1. The highest BCUT2D eigenvalue weighted by Crippen LogP contribution is 2.23. The highest BCUT2D eigenvalue weighted by atomic mass is 16.5. The number of hydrogen-bond donors (Lipinski definition) is 0. The number of benzene rings is 1. The molecule has 0 unspecified atom stereocenters. The maximum atomic E-state index is 13.5. The van der Waals surface area contributed by atoms with Crippen LogP contribution in [0.1, 0.15) is 16.8 Å². The van der Waals surface area contributed by atoms with Crippen LogP contribution in [0, 0.1) is 20.8 Å². The minimum Gasteiger partial charge on any atom is -0.379 e. The fourth-order valence-corrected chi connectivity index (χ4v) is 4.63. The van der Waals surface area contributed by atoms with Crippen molar-refractivity contribution in [2.24, 2.45) is 7.05 Å². The molecule has 0 aliphatic carbocycles. The van der Waals surface area contributed by atoms with E-state index in [9.17, 15) is 9.59 Å². The van der Waals surface area contributed by atoms with Gasteiger partial charge in [0.15, 0.2) is 11.2 Å². The second kappa shape index (κ2) is 7.75.